The zero-order chi connectivity index (χ0) is 19.9. The van der Waals surface area contributed by atoms with Crippen LogP contribution in [0.2, 0.25) is 0 Å². The fraction of sp³-hybridized carbons (Fsp3) is 0.231. The molecule has 3 rings (SSSR count). The van der Waals surface area contributed by atoms with E-state index in [2.05, 4.69) is 45.0 Å². The predicted octanol–water partition coefficient (Wildman–Crippen LogP) is 7.62. The molecule has 0 spiro atoms. The first-order valence-electron chi connectivity index (χ1n) is 9.76. The van der Waals surface area contributed by atoms with Gasteiger partial charge in [-0.25, -0.2) is 4.39 Å². The second-order valence-corrected chi connectivity index (χ2v) is 7.53. The van der Waals surface area contributed by atoms with Crippen LogP contribution in [0.25, 0.3) is 0 Å². The van der Waals surface area contributed by atoms with Gasteiger partial charge in [0.05, 0.1) is 0 Å². The minimum absolute atomic E-state index is 0.0596. The van der Waals surface area contributed by atoms with Gasteiger partial charge in [-0.15, -0.1) is 0 Å². The standard InChI is InChI=1S/C26H27FO/c1-19(2)26(22-14-12-20(3)13-15-22)18-23(27)16-21-8-7-11-25(17-21)28-24-9-5-4-6-10-24/h4-15,17-19,26H,16H2,1-3H3. The van der Waals surface area contributed by atoms with Gasteiger partial charge < -0.3 is 4.74 Å². The van der Waals surface area contributed by atoms with E-state index in [0.29, 0.717) is 5.92 Å². The molecule has 1 nitrogen and oxygen atoms in total. The molecule has 0 aromatic heterocycles. The SMILES string of the molecule is Cc1ccc(C(C=C(F)Cc2cccc(Oc3ccccc3)c2)C(C)C)cc1. The molecular formula is C26H27FO. The van der Waals surface area contributed by atoms with Crippen LogP contribution in [-0.4, -0.2) is 0 Å². The van der Waals surface area contributed by atoms with Crippen LogP contribution < -0.4 is 4.74 Å². The Morgan fingerprint density at radius 3 is 2.25 bits per heavy atom. The van der Waals surface area contributed by atoms with Gasteiger partial charge in [0.25, 0.3) is 0 Å². The lowest BCUT2D eigenvalue weighted by Crippen LogP contribution is -2.05. The summed E-state index contributed by atoms with van der Waals surface area (Å²) in [7, 11) is 0. The number of ether oxygens (including phenoxy) is 1. The van der Waals surface area contributed by atoms with E-state index in [1.807, 2.05) is 54.6 Å². The maximum absolute atomic E-state index is 14.8. The minimum Gasteiger partial charge on any atom is -0.457 e. The monoisotopic (exact) mass is 374 g/mol. The number of rotatable bonds is 7. The van der Waals surface area contributed by atoms with E-state index in [1.54, 1.807) is 6.08 Å². The molecule has 0 amide bonds. The van der Waals surface area contributed by atoms with Gasteiger partial charge in [-0.3, -0.25) is 0 Å². The number of aryl methyl sites for hydroxylation is 1. The summed E-state index contributed by atoms with van der Waals surface area (Å²) in [6, 6.07) is 25.6. The van der Waals surface area contributed by atoms with Crippen LogP contribution in [0.4, 0.5) is 4.39 Å². The number of benzene rings is 3. The molecule has 0 aliphatic carbocycles. The Morgan fingerprint density at radius 1 is 0.893 bits per heavy atom. The molecule has 0 radical (unpaired) electrons. The van der Waals surface area contributed by atoms with Crippen molar-refractivity contribution in [1.29, 1.82) is 0 Å². The van der Waals surface area contributed by atoms with Gasteiger partial charge in [0, 0.05) is 12.3 Å². The van der Waals surface area contributed by atoms with E-state index in [0.717, 1.165) is 22.6 Å². The first kappa shape index (κ1) is 19.9. The maximum atomic E-state index is 14.8. The predicted molar refractivity (Wildman–Crippen MR) is 115 cm³/mol. The van der Waals surface area contributed by atoms with E-state index < -0.39 is 0 Å². The Bertz CT molecular complexity index is 911. The average molecular weight is 374 g/mol. The van der Waals surface area contributed by atoms with E-state index in [9.17, 15) is 4.39 Å². The number of hydrogen-bond donors (Lipinski definition) is 0. The van der Waals surface area contributed by atoms with Gasteiger partial charge >= 0.3 is 0 Å². The lowest BCUT2D eigenvalue weighted by atomic mass is 9.87. The third-order valence-corrected chi connectivity index (χ3v) is 4.79. The third-order valence-electron chi connectivity index (χ3n) is 4.79. The van der Waals surface area contributed by atoms with E-state index >= 15 is 0 Å². The van der Waals surface area contributed by atoms with Crippen LogP contribution in [-0.2, 0) is 6.42 Å². The molecule has 3 aromatic rings. The zero-order valence-electron chi connectivity index (χ0n) is 16.7. The summed E-state index contributed by atoms with van der Waals surface area (Å²) in [5, 5.41) is 0. The van der Waals surface area contributed by atoms with Crippen LogP contribution in [0.1, 0.15) is 36.5 Å². The molecule has 0 bridgehead atoms. The molecule has 144 valence electrons. The second-order valence-electron chi connectivity index (χ2n) is 7.53. The molecule has 0 fully saturated rings. The number of halogens is 1. The lowest BCUT2D eigenvalue weighted by Gasteiger charge is -2.18. The van der Waals surface area contributed by atoms with Gasteiger partial charge in [-0.2, -0.15) is 0 Å². The number of hydrogen-bond acceptors (Lipinski definition) is 1. The molecule has 0 aliphatic heterocycles. The Balaban J connectivity index is 1.74. The molecule has 0 saturated heterocycles. The van der Waals surface area contributed by atoms with Crippen molar-refractivity contribution in [3.8, 4) is 11.5 Å². The zero-order valence-corrected chi connectivity index (χ0v) is 16.7. The van der Waals surface area contributed by atoms with Gasteiger partial charge in [0.2, 0.25) is 0 Å². The van der Waals surface area contributed by atoms with E-state index in [-0.39, 0.29) is 18.2 Å². The quantitative estimate of drug-likeness (QED) is 0.413. The average Bonchev–Trinajstić information content (AvgIpc) is 2.68. The highest BCUT2D eigenvalue weighted by Crippen LogP contribution is 2.29. The first-order valence-corrected chi connectivity index (χ1v) is 9.76. The number of allylic oxidation sites excluding steroid dienone is 2. The van der Waals surface area contributed by atoms with Crippen molar-refractivity contribution in [2.75, 3.05) is 0 Å². The first-order chi connectivity index (χ1) is 13.5. The van der Waals surface area contributed by atoms with Crippen molar-refractivity contribution in [2.24, 2.45) is 5.92 Å². The van der Waals surface area contributed by atoms with Gasteiger partial charge in [-0.1, -0.05) is 74.0 Å². The Labute approximate surface area is 167 Å². The van der Waals surface area contributed by atoms with Crippen LogP contribution in [0.3, 0.4) is 0 Å². The second kappa shape index (κ2) is 9.36. The summed E-state index contributed by atoms with van der Waals surface area (Å²) in [5.41, 5.74) is 3.26. The van der Waals surface area contributed by atoms with Crippen LogP contribution >= 0.6 is 0 Å². The normalized spacial score (nSPS) is 12.8. The Kier molecular flexibility index (Phi) is 6.65. The molecule has 28 heavy (non-hydrogen) atoms. The fourth-order valence-corrected chi connectivity index (χ4v) is 3.25. The highest BCUT2D eigenvalue weighted by atomic mass is 19.1. The third kappa shape index (κ3) is 5.56. The Hall–Kier alpha value is -2.87. The number of para-hydroxylation sites is 1. The molecule has 0 heterocycles. The van der Waals surface area contributed by atoms with Crippen molar-refractivity contribution < 1.29 is 9.13 Å². The molecule has 2 heteroatoms. The summed E-state index contributed by atoms with van der Waals surface area (Å²) >= 11 is 0. The van der Waals surface area contributed by atoms with Crippen molar-refractivity contribution in [3.63, 3.8) is 0 Å². The topological polar surface area (TPSA) is 9.23 Å². The van der Waals surface area contributed by atoms with Crippen LogP contribution in [0.15, 0.2) is 90.8 Å². The summed E-state index contributed by atoms with van der Waals surface area (Å²) in [4.78, 5) is 0. The van der Waals surface area contributed by atoms with E-state index in [1.165, 1.54) is 5.56 Å². The Morgan fingerprint density at radius 2 is 1.57 bits per heavy atom. The van der Waals surface area contributed by atoms with Crippen molar-refractivity contribution in [2.45, 2.75) is 33.1 Å². The largest absolute Gasteiger partial charge is 0.457 e. The fourth-order valence-electron chi connectivity index (χ4n) is 3.25. The molecular weight excluding hydrogens is 347 g/mol. The van der Waals surface area contributed by atoms with Crippen molar-refractivity contribution in [1.82, 2.24) is 0 Å². The molecule has 0 aliphatic rings. The van der Waals surface area contributed by atoms with E-state index in [4.69, 9.17) is 4.74 Å². The van der Waals surface area contributed by atoms with Gasteiger partial charge in [0.15, 0.2) is 0 Å². The van der Waals surface area contributed by atoms with Gasteiger partial charge in [0.1, 0.15) is 17.3 Å². The highest BCUT2D eigenvalue weighted by molar-refractivity contribution is 5.35. The smallest absolute Gasteiger partial charge is 0.127 e. The summed E-state index contributed by atoms with van der Waals surface area (Å²) < 4.78 is 20.7. The van der Waals surface area contributed by atoms with Crippen LogP contribution in [0.5, 0.6) is 11.5 Å². The molecule has 0 N–H and O–H groups in total. The molecule has 3 aromatic carbocycles. The van der Waals surface area contributed by atoms with Crippen molar-refractivity contribution >= 4 is 0 Å². The van der Waals surface area contributed by atoms with Crippen LogP contribution in [0, 0.1) is 12.8 Å². The molecule has 1 atom stereocenters. The minimum atomic E-state index is -0.115. The van der Waals surface area contributed by atoms with Gasteiger partial charge in [-0.05, 0) is 54.3 Å². The summed E-state index contributed by atoms with van der Waals surface area (Å²) in [6.45, 7) is 6.32. The maximum Gasteiger partial charge on any atom is 0.127 e. The summed E-state index contributed by atoms with van der Waals surface area (Å²) in [5.74, 6) is 1.76. The molecule has 1 unspecified atom stereocenters. The molecule has 0 saturated carbocycles. The lowest BCUT2D eigenvalue weighted by molar-refractivity contribution is 0.481. The highest BCUT2D eigenvalue weighted by Gasteiger charge is 2.15. The van der Waals surface area contributed by atoms with Crippen molar-refractivity contribution in [3.05, 3.63) is 107 Å². The summed E-state index contributed by atoms with van der Waals surface area (Å²) in [6.07, 6.45) is 2.03.